The van der Waals surface area contributed by atoms with E-state index in [1.54, 1.807) is 17.5 Å². The summed E-state index contributed by atoms with van der Waals surface area (Å²) in [5, 5.41) is 11.8. The van der Waals surface area contributed by atoms with E-state index in [1.807, 2.05) is 23.6 Å². The van der Waals surface area contributed by atoms with Crippen LogP contribution in [-0.4, -0.2) is 4.98 Å². The average Bonchev–Trinajstić information content (AvgIpc) is 3.07. The van der Waals surface area contributed by atoms with E-state index in [4.69, 9.17) is 0 Å². The van der Waals surface area contributed by atoms with Crippen molar-refractivity contribution in [2.45, 2.75) is 13.3 Å². The molecular formula is C14H12N2S3. The van der Waals surface area contributed by atoms with Crippen molar-refractivity contribution in [1.29, 1.82) is 5.26 Å². The van der Waals surface area contributed by atoms with Gasteiger partial charge in [0, 0.05) is 26.2 Å². The van der Waals surface area contributed by atoms with Gasteiger partial charge in [0.25, 0.3) is 0 Å². The molecule has 0 aliphatic rings. The Labute approximate surface area is 126 Å². The van der Waals surface area contributed by atoms with Gasteiger partial charge in [0.1, 0.15) is 11.1 Å². The molecule has 0 aromatic carbocycles. The summed E-state index contributed by atoms with van der Waals surface area (Å²) in [6.07, 6.45) is 6.62. The lowest BCUT2D eigenvalue weighted by Crippen LogP contribution is -1.77. The fraction of sp³-hybridized carbons (Fsp3) is 0.143. The van der Waals surface area contributed by atoms with Crippen molar-refractivity contribution < 1.29 is 0 Å². The summed E-state index contributed by atoms with van der Waals surface area (Å²) >= 11 is 7.56. The Hall–Kier alpha value is -1.35. The first-order chi connectivity index (χ1) is 9.24. The highest BCUT2D eigenvalue weighted by molar-refractivity contribution is 7.90. The third-order valence-corrected chi connectivity index (χ3v) is 4.79. The van der Waals surface area contributed by atoms with E-state index < -0.39 is 0 Å². The van der Waals surface area contributed by atoms with Crippen molar-refractivity contribution in [2.75, 3.05) is 0 Å². The van der Waals surface area contributed by atoms with Gasteiger partial charge in [-0.25, -0.2) is 4.98 Å². The Bertz CT molecular complexity index is 643. The zero-order valence-electron chi connectivity index (χ0n) is 10.3. The molecule has 96 valence electrons. The van der Waals surface area contributed by atoms with Crippen molar-refractivity contribution in [3.05, 3.63) is 44.5 Å². The molecule has 0 fully saturated rings. The molecule has 5 heteroatoms. The minimum atomic E-state index is 0.601. The van der Waals surface area contributed by atoms with Crippen LogP contribution < -0.4 is 0 Å². The first-order valence-corrected chi connectivity index (χ1v) is 7.90. The summed E-state index contributed by atoms with van der Waals surface area (Å²) in [4.78, 5) is 7.30. The highest BCUT2D eigenvalue weighted by Gasteiger charge is 2.06. The van der Waals surface area contributed by atoms with E-state index in [9.17, 15) is 5.26 Å². The summed E-state index contributed by atoms with van der Waals surface area (Å²) in [7, 11) is 0. The van der Waals surface area contributed by atoms with Crippen LogP contribution in [0.15, 0.2) is 29.8 Å². The van der Waals surface area contributed by atoms with Crippen molar-refractivity contribution in [3.8, 4) is 6.07 Å². The third kappa shape index (κ3) is 3.57. The molecule has 2 aromatic heterocycles. The summed E-state index contributed by atoms with van der Waals surface area (Å²) in [5.41, 5.74) is 0.601. The van der Waals surface area contributed by atoms with Gasteiger partial charge in [0.15, 0.2) is 0 Å². The van der Waals surface area contributed by atoms with E-state index in [-0.39, 0.29) is 0 Å². The molecule has 0 amide bonds. The molecule has 2 heterocycles. The van der Waals surface area contributed by atoms with Crippen LogP contribution >= 0.6 is 35.3 Å². The van der Waals surface area contributed by atoms with Gasteiger partial charge in [0.05, 0.1) is 5.57 Å². The Balaban J connectivity index is 2.29. The predicted molar refractivity (Wildman–Crippen MR) is 87.2 cm³/mol. The fourth-order valence-corrected chi connectivity index (χ4v) is 3.39. The first kappa shape index (κ1) is 14.1. The second-order valence-corrected chi connectivity index (χ2v) is 6.20. The van der Waals surface area contributed by atoms with Gasteiger partial charge in [-0.3, -0.25) is 0 Å². The topological polar surface area (TPSA) is 36.7 Å². The number of aromatic nitrogens is 1. The Morgan fingerprint density at radius 1 is 1.53 bits per heavy atom. The zero-order valence-corrected chi connectivity index (χ0v) is 12.9. The number of allylic oxidation sites excluding steroid dienone is 2. The van der Waals surface area contributed by atoms with Crippen LogP contribution in [0.25, 0.3) is 16.6 Å². The molecule has 0 saturated carbocycles. The number of thiol groups is 1. The van der Waals surface area contributed by atoms with Crippen molar-refractivity contribution in [1.82, 2.24) is 4.98 Å². The van der Waals surface area contributed by atoms with E-state index in [1.165, 1.54) is 11.3 Å². The molecule has 0 bridgehead atoms. The molecule has 0 atom stereocenters. The largest absolute Gasteiger partial charge is 0.244 e. The molecule has 2 rings (SSSR count). The Morgan fingerprint density at radius 2 is 2.37 bits per heavy atom. The van der Waals surface area contributed by atoms with Gasteiger partial charge in [-0.2, -0.15) is 5.26 Å². The van der Waals surface area contributed by atoms with Gasteiger partial charge in [0.2, 0.25) is 0 Å². The van der Waals surface area contributed by atoms with Crippen LogP contribution in [0.5, 0.6) is 0 Å². The standard InChI is InChI=1S/C14H12N2S3/c1-2-3-12(17)13-5-4-11(19-13)8-10(9-15)14-16-6-7-18-14/h3-8,17H,2H2,1H3/b10-8+,12-3-. The SMILES string of the molecule is CC/C=C(\S)c1ccc(/C=C(\C#N)c2nccs2)s1. The summed E-state index contributed by atoms with van der Waals surface area (Å²) in [6, 6.07) is 6.23. The van der Waals surface area contributed by atoms with Gasteiger partial charge in [-0.15, -0.1) is 35.3 Å². The number of rotatable bonds is 4. The number of nitriles is 1. The van der Waals surface area contributed by atoms with Gasteiger partial charge in [-0.1, -0.05) is 13.0 Å². The normalized spacial score (nSPS) is 12.5. The number of thiazole rings is 1. The van der Waals surface area contributed by atoms with Crippen molar-refractivity contribution in [2.24, 2.45) is 0 Å². The van der Waals surface area contributed by atoms with Crippen LogP contribution in [0, 0.1) is 11.3 Å². The fourth-order valence-electron chi connectivity index (χ4n) is 1.50. The van der Waals surface area contributed by atoms with Crippen LogP contribution in [0.2, 0.25) is 0 Å². The number of thiophene rings is 1. The minimum absolute atomic E-state index is 0.601. The smallest absolute Gasteiger partial charge is 0.133 e. The molecule has 2 aromatic rings. The lowest BCUT2D eigenvalue weighted by Gasteiger charge is -1.93. The molecule has 0 unspecified atom stereocenters. The Morgan fingerprint density at radius 3 is 3.00 bits per heavy atom. The highest BCUT2D eigenvalue weighted by atomic mass is 32.1. The van der Waals surface area contributed by atoms with Crippen LogP contribution in [0.1, 0.15) is 28.1 Å². The monoisotopic (exact) mass is 304 g/mol. The zero-order chi connectivity index (χ0) is 13.7. The maximum absolute atomic E-state index is 9.19. The van der Waals surface area contributed by atoms with Crippen LogP contribution in [0.3, 0.4) is 0 Å². The Kier molecular flexibility index (Phi) is 4.97. The van der Waals surface area contributed by atoms with Crippen LogP contribution in [-0.2, 0) is 0 Å². The van der Waals surface area contributed by atoms with E-state index >= 15 is 0 Å². The molecule has 0 aliphatic heterocycles. The molecule has 2 nitrogen and oxygen atoms in total. The van der Waals surface area contributed by atoms with Crippen LogP contribution in [0.4, 0.5) is 0 Å². The van der Waals surface area contributed by atoms with E-state index in [2.05, 4.69) is 36.7 Å². The molecule has 0 spiro atoms. The molecule has 0 aliphatic carbocycles. The maximum atomic E-state index is 9.19. The molecule has 0 N–H and O–H groups in total. The number of nitrogens with zero attached hydrogens (tertiary/aromatic N) is 2. The third-order valence-electron chi connectivity index (χ3n) is 2.35. The molecule has 19 heavy (non-hydrogen) atoms. The minimum Gasteiger partial charge on any atom is -0.244 e. The molecule has 0 radical (unpaired) electrons. The van der Waals surface area contributed by atoms with Gasteiger partial charge >= 0.3 is 0 Å². The second kappa shape index (κ2) is 6.71. The quantitative estimate of drug-likeness (QED) is 0.641. The first-order valence-electron chi connectivity index (χ1n) is 5.75. The van der Waals surface area contributed by atoms with Gasteiger partial charge < -0.3 is 0 Å². The average molecular weight is 304 g/mol. The van der Waals surface area contributed by atoms with E-state index in [0.717, 1.165) is 26.1 Å². The van der Waals surface area contributed by atoms with Crippen molar-refractivity contribution >= 4 is 51.9 Å². The maximum Gasteiger partial charge on any atom is 0.133 e. The summed E-state index contributed by atoms with van der Waals surface area (Å²) < 4.78 is 0. The molecule has 0 saturated heterocycles. The second-order valence-electron chi connectivity index (χ2n) is 3.71. The van der Waals surface area contributed by atoms with Crippen molar-refractivity contribution in [3.63, 3.8) is 0 Å². The highest BCUT2D eigenvalue weighted by Crippen LogP contribution is 2.30. The number of hydrogen-bond donors (Lipinski definition) is 1. The predicted octanol–water partition coefficient (Wildman–Crippen LogP) is 4.95. The lowest BCUT2D eigenvalue weighted by atomic mass is 10.2. The summed E-state index contributed by atoms with van der Waals surface area (Å²) in [5.74, 6) is 0. The summed E-state index contributed by atoms with van der Waals surface area (Å²) in [6.45, 7) is 2.08. The lowest BCUT2D eigenvalue weighted by molar-refractivity contribution is 1.23. The molecular weight excluding hydrogens is 292 g/mol. The van der Waals surface area contributed by atoms with Gasteiger partial charge in [-0.05, 0) is 24.6 Å². The van der Waals surface area contributed by atoms with E-state index in [0.29, 0.717) is 5.57 Å². The number of hydrogen-bond acceptors (Lipinski definition) is 5.